The first-order valence-corrected chi connectivity index (χ1v) is 8.30. The molecular formula is C18H30N4O. The van der Waals surface area contributed by atoms with Crippen molar-refractivity contribution in [1.82, 2.24) is 16.0 Å². The van der Waals surface area contributed by atoms with Gasteiger partial charge in [0.05, 0.1) is 0 Å². The number of guanidine groups is 1. The normalized spacial score (nSPS) is 12.9. The maximum atomic E-state index is 12.2. The summed E-state index contributed by atoms with van der Waals surface area (Å²) in [5.74, 6) is 1.30. The zero-order valence-electron chi connectivity index (χ0n) is 14.9. The van der Waals surface area contributed by atoms with Crippen molar-refractivity contribution in [2.24, 2.45) is 10.9 Å². The summed E-state index contributed by atoms with van der Waals surface area (Å²) in [4.78, 5) is 16.4. The van der Waals surface area contributed by atoms with Gasteiger partial charge in [0.25, 0.3) is 5.91 Å². The van der Waals surface area contributed by atoms with E-state index >= 15 is 0 Å². The van der Waals surface area contributed by atoms with Crippen molar-refractivity contribution in [3.8, 4) is 0 Å². The van der Waals surface area contributed by atoms with Gasteiger partial charge in [-0.15, -0.1) is 0 Å². The van der Waals surface area contributed by atoms with Crippen LogP contribution in [0.25, 0.3) is 0 Å². The number of hydrogen-bond donors (Lipinski definition) is 3. The molecule has 3 N–H and O–H groups in total. The summed E-state index contributed by atoms with van der Waals surface area (Å²) < 4.78 is 0. The summed E-state index contributed by atoms with van der Waals surface area (Å²) in [7, 11) is 1.76. The standard InChI is InChI=1S/C18H30N4O/c1-6-14(4)22-17(23)16-9-7-8-15(10-16)12-21-18(19-5)20-11-13(2)3/h7-10,13-14H,6,11-12H2,1-5H3,(H,22,23)(H2,19,20,21). The molecule has 0 saturated heterocycles. The van der Waals surface area contributed by atoms with Crippen LogP contribution in [-0.2, 0) is 6.54 Å². The Bertz CT molecular complexity index is 526. The Balaban J connectivity index is 2.61. The molecule has 1 unspecified atom stereocenters. The zero-order valence-corrected chi connectivity index (χ0v) is 14.9. The predicted molar refractivity (Wildman–Crippen MR) is 96.7 cm³/mol. The second kappa shape index (κ2) is 9.87. The first-order chi connectivity index (χ1) is 11.0. The molecule has 0 saturated carbocycles. The minimum atomic E-state index is -0.0245. The number of carbonyl (C=O) groups excluding carboxylic acids is 1. The molecule has 0 aliphatic heterocycles. The van der Waals surface area contributed by atoms with Gasteiger partial charge in [-0.1, -0.05) is 32.9 Å². The van der Waals surface area contributed by atoms with Crippen LogP contribution in [0.15, 0.2) is 29.3 Å². The number of nitrogens with zero attached hydrogens (tertiary/aromatic N) is 1. The smallest absolute Gasteiger partial charge is 0.251 e. The molecule has 0 aromatic heterocycles. The van der Waals surface area contributed by atoms with Gasteiger partial charge in [0.1, 0.15) is 0 Å². The Labute approximate surface area is 140 Å². The number of hydrogen-bond acceptors (Lipinski definition) is 2. The maximum Gasteiger partial charge on any atom is 0.251 e. The number of rotatable bonds is 7. The summed E-state index contributed by atoms with van der Waals surface area (Å²) in [6.07, 6.45) is 0.921. The first kappa shape index (κ1) is 19.0. The summed E-state index contributed by atoms with van der Waals surface area (Å²) in [5, 5.41) is 9.52. The highest BCUT2D eigenvalue weighted by Crippen LogP contribution is 2.06. The summed E-state index contributed by atoms with van der Waals surface area (Å²) in [6, 6.07) is 7.85. The van der Waals surface area contributed by atoms with E-state index in [4.69, 9.17) is 0 Å². The lowest BCUT2D eigenvalue weighted by Crippen LogP contribution is -2.38. The third-order valence-electron chi connectivity index (χ3n) is 3.54. The fourth-order valence-corrected chi connectivity index (χ4v) is 1.94. The lowest BCUT2D eigenvalue weighted by molar-refractivity contribution is 0.0939. The zero-order chi connectivity index (χ0) is 17.2. The van der Waals surface area contributed by atoms with E-state index in [2.05, 4.69) is 41.7 Å². The number of aliphatic imine (C=N–C) groups is 1. The van der Waals surface area contributed by atoms with Gasteiger partial charge in [-0.2, -0.15) is 0 Å². The van der Waals surface area contributed by atoms with E-state index in [9.17, 15) is 4.79 Å². The van der Waals surface area contributed by atoms with Gasteiger partial charge in [0, 0.05) is 31.7 Å². The predicted octanol–water partition coefficient (Wildman–Crippen LogP) is 2.54. The van der Waals surface area contributed by atoms with Crippen LogP contribution in [0.3, 0.4) is 0 Å². The molecular weight excluding hydrogens is 288 g/mol. The highest BCUT2D eigenvalue weighted by Gasteiger charge is 2.09. The third-order valence-corrected chi connectivity index (χ3v) is 3.54. The van der Waals surface area contributed by atoms with Crippen LogP contribution in [0, 0.1) is 5.92 Å². The first-order valence-electron chi connectivity index (χ1n) is 8.30. The summed E-state index contributed by atoms with van der Waals surface area (Å²) in [6.45, 7) is 9.87. The van der Waals surface area contributed by atoms with E-state index in [0.29, 0.717) is 18.0 Å². The van der Waals surface area contributed by atoms with Gasteiger partial charge in [0.15, 0.2) is 5.96 Å². The number of carbonyl (C=O) groups is 1. The number of amides is 1. The second-order valence-corrected chi connectivity index (χ2v) is 6.18. The van der Waals surface area contributed by atoms with E-state index in [1.54, 1.807) is 7.05 Å². The SMILES string of the molecule is CCC(C)NC(=O)c1cccc(CNC(=NC)NCC(C)C)c1. The molecule has 5 heteroatoms. The molecule has 0 aliphatic carbocycles. The second-order valence-electron chi connectivity index (χ2n) is 6.18. The molecule has 1 rings (SSSR count). The van der Waals surface area contributed by atoms with Gasteiger partial charge >= 0.3 is 0 Å². The van der Waals surface area contributed by atoms with E-state index in [-0.39, 0.29) is 11.9 Å². The van der Waals surface area contributed by atoms with Crippen molar-refractivity contribution in [2.75, 3.05) is 13.6 Å². The Morgan fingerprint density at radius 3 is 2.57 bits per heavy atom. The fraction of sp³-hybridized carbons (Fsp3) is 0.556. The molecule has 1 atom stereocenters. The average molecular weight is 318 g/mol. The molecule has 0 aliphatic rings. The topological polar surface area (TPSA) is 65.5 Å². The van der Waals surface area contributed by atoms with Crippen molar-refractivity contribution < 1.29 is 4.79 Å². The van der Waals surface area contributed by atoms with Crippen LogP contribution in [0.2, 0.25) is 0 Å². The Hall–Kier alpha value is -2.04. The van der Waals surface area contributed by atoms with E-state index < -0.39 is 0 Å². The summed E-state index contributed by atoms with van der Waals surface area (Å²) in [5.41, 5.74) is 1.74. The Morgan fingerprint density at radius 2 is 1.96 bits per heavy atom. The van der Waals surface area contributed by atoms with Crippen molar-refractivity contribution in [3.63, 3.8) is 0 Å². The van der Waals surface area contributed by atoms with Crippen molar-refractivity contribution in [3.05, 3.63) is 35.4 Å². The van der Waals surface area contributed by atoms with Crippen molar-refractivity contribution in [1.29, 1.82) is 0 Å². The van der Waals surface area contributed by atoms with E-state index in [1.165, 1.54) is 0 Å². The molecule has 1 amide bonds. The van der Waals surface area contributed by atoms with Crippen LogP contribution < -0.4 is 16.0 Å². The summed E-state index contributed by atoms with van der Waals surface area (Å²) >= 11 is 0. The molecule has 0 heterocycles. The van der Waals surface area contributed by atoms with Gasteiger partial charge in [-0.05, 0) is 37.0 Å². The van der Waals surface area contributed by atoms with E-state index in [0.717, 1.165) is 24.5 Å². The van der Waals surface area contributed by atoms with Crippen LogP contribution in [0.1, 0.15) is 50.0 Å². The molecule has 23 heavy (non-hydrogen) atoms. The van der Waals surface area contributed by atoms with E-state index in [1.807, 2.05) is 31.2 Å². The molecule has 0 radical (unpaired) electrons. The lowest BCUT2D eigenvalue weighted by Gasteiger charge is -2.14. The van der Waals surface area contributed by atoms with Gasteiger partial charge in [-0.3, -0.25) is 9.79 Å². The lowest BCUT2D eigenvalue weighted by atomic mass is 10.1. The van der Waals surface area contributed by atoms with Crippen molar-refractivity contribution >= 4 is 11.9 Å². The quantitative estimate of drug-likeness (QED) is 0.535. The average Bonchev–Trinajstić information content (AvgIpc) is 2.54. The highest BCUT2D eigenvalue weighted by molar-refractivity contribution is 5.94. The largest absolute Gasteiger partial charge is 0.356 e. The highest BCUT2D eigenvalue weighted by atomic mass is 16.1. The molecule has 1 aromatic rings. The molecule has 0 spiro atoms. The maximum absolute atomic E-state index is 12.2. The van der Waals surface area contributed by atoms with Crippen LogP contribution in [-0.4, -0.2) is 31.5 Å². The molecule has 5 nitrogen and oxygen atoms in total. The molecule has 1 aromatic carbocycles. The van der Waals surface area contributed by atoms with Crippen LogP contribution >= 0.6 is 0 Å². The monoisotopic (exact) mass is 318 g/mol. The number of nitrogens with one attached hydrogen (secondary N) is 3. The van der Waals surface area contributed by atoms with Gasteiger partial charge < -0.3 is 16.0 Å². The van der Waals surface area contributed by atoms with Gasteiger partial charge in [-0.25, -0.2) is 0 Å². The minimum absolute atomic E-state index is 0.0245. The molecule has 128 valence electrons. The Morgan fingerprint density at radius 1 is 1.22 bits per heavy atom. The number of benzene rings is 1. The molecule has 0 bridgehead atoms. The van der Waals surface area contributed by atoms with Crippen LogP contribution in [0.4, 0.5) is 0 Å². The fourth-order valence-electron chi connectivity index (χ4n) is 1.94. The third kappa shape index (κ3) is 7.17. The Kier molecular flexibility index (Phi) is 8.16. The molecule has 0 fully saturated rings. The van der Waals surface area contributed by atoms with Gasteiger partial charge in [0.2, 0.25) is 0 Å². The van der Waals surface area contributed by atoms with Crippen molar-refractivity contribution in [2.45, 2.75) is 46.7 Å². The minimum Gasteiger partial charge on any atom is -0.356 e. The van der Waals surface area contributed by atoms with Crippen LogP contribution in [0.5, 0.6) is 0 Å².